The van der Waals surface area contributed by atoms with Crippen molar-refractivity contribution in [3.05, 3.63) is 78.0 Å². The van der Waals surface area contributed by atoms with Gasteiger partial charge in [0.15, 0.2) is 12.3 Å². The summed E-state index contributed by atoms with van der Waals surface area (Å²) >= 11 is 0. The lowest BCUT2D eigenvalue weighted by atomic mass is 10.1. The van der Waals surface area contributed by atoms with Crippen molar-refractivity contribution < 1.29 is 14.3 Å². The number of aromatic nitrogens is 3. The van der Waals surface area contributed by atoms with E-state index in [1.54, 1.807) is 23.0 Å². The number of pyridine rings is 1. The Kier molecular flexibility index (Phi) is 6.35. The fourth-order valence-corrected chi connectivity index (χ4v) is 3.42. The lowest BCUT2D eigenvalue weighted by Crippen LogP contribution is -2.43. The van der Waals surface area contributed by atoms with E-state index in [4.69, 9.17) is 9.72 Å². The number of ether oxygens (including phenoxy) is 1. The van der Waals surface area contributed by atoms with Crippen LogP contribution in [-0.4, -0.2) is 33.2 Å². The van der Waals surface area contributed by atoms with Gasteiger partial charge in [0.25, 0.3) is 11.8 Å². The maximum Gasteiger partial charge on any atom is 0.276 e. The number of hydrazine groups is 1. The average molecular weight is 444 g/mol. The minimum atomic E-state index is -0.476. The van der Waals surface area contributed by atoms with E-state index in [0.29, 0.717) is 28.0 Å². The van der Waals surface area contributed by atoms with Gasteiger partial charge in [0.2, 0.25) is 0 Å². The summed E-state index contributed by atoms with van der Waals surface area (Å²) in [6, 6.07) is 18.7. The molecule has 0 spiro atoms. The number of hydrogen-bond donors (Lipinski definition) is 2. The maximum absolute atomic E-state index is 13.0. The molecule has 8 heteroatoms. The molecule has 2 aromatic carbocycles. The van der Waals surface area contributed by atoms with Gasteiger partial charge in [-0.2, -0.15) is 5.10 Å². The topological polar surface area (TPSA) is 98.1 Å². The first-order valence-corrected chi connectivity index (χ1v) is 10.6. The van der Waals surface area contributed by atoms with Crippen LogP contribution in [0, 0.1) is 6.92 Å². The Labute approximate surface area is 191 Å². The van der Waals surface area contributed by atoms with Gasteiger partial charge in [0.1, 0.15) is 5.75 Å². The van der Waals surface area contributed by atoms with Gasteiger partial charge in [-0.05, 0) is 44.5 Å². The van der Waals surface area contributed by atoms with Crippen LogP contribution >= 0.6 is 0 Å². The number of carbonyl (C=O) groups is 2. The summed E-state index contributed by atoms with van der Waals surface area (Å²) in [7, 11) is 0. The van der Waals surface area contributed by atoms with E-state index in [9.17, 15) is 9.59 Å². The van der Waals surface area contributed by atoms with Crippen LogP contribution in [0.25, 0.3) is 22.3 Å². The van der Waals surface area contributed by atoms with Crippen LogP contribution < -0.4 is 15.6 Å². The Morgan fingerprint density at radius 2 is 1.82 bits per heavy atom. The molecule has 0 radical (unpaired) electrons. The summed E-state index contributed by atoms with van der Waals surface area (Å²) in [5.41, 5.74) is 8.40. The largest absolute Gasteiger partial charge is 0.484 e. The normalized spacial score (nSPS) is 10.9. The molecule has 168 valence electrons. The second kappa shape index (κ2) is 9.52. The number of benzene rings is 2. The van der Waals surface area contributed by atoms with Crippen LogP contribution in [0.1, 0.15) is 35.8 Å². The first kappa shape index (κ1) is 22.0. The zero-order valence-electron chi connectivity index (χ0n) is 18.7. The highest BCUT2D eigenvalue weighted by atomic mass is 16.5. The minimum Gasteiger partial charge on any atom is -0.484 e. The van der Waals surface area contributed by atoms with Crippen molar-refractivity contribution in [2.75, 3.05) is 6.61 Å². The SMILES string of the molecule is Cc1cccc(OCC(=O)NNC(=O)c2cc(-c3ccccc3)nc3c2cnn3C(C)C)c1. The predicted octanol–water partition coefficient (Wildman–Crippen LogP) is 3.83. The summed E-state index contributed by atoms with van der Waals surface area (Å²) in [6.07, 6.45) is 1.62. The standard InChI is InChI=1S/C25H25N5O3/c1-16(2)30-24-21(14-26-30)20(13-22(27-24)18-9-5-4-6-10-18)25(32)29-28-23(31)15-33-19-11-7-8-17(3)12-19/h4-14,16H,15H2,1-3H3,(H,28,31)(H,29,32). The van der Waals surface area contributed by atoms with Crippen molar-refractivity contribution in [1.82, 2.24) is 25.6 Å². The van der Waals surface area contributed by atoms with Crippen molar-refractivity contribution in [2.45, 2.75) is 26.8 Å². The van der Waals surface area contributed by atoms with E-state index in [1.165, 1.54) is 0 Å². The van der Waals surface area contributed by atoms with Crippen molar-refractivity contribution in [3.63, 3.8) is 0 Å². The molecule has 4 aromatic rings. The number of amides is 2. The van der Waals surface area contributed by atoms with Crippen LogP contribution in [0.2, 0.25) is 0 Å². The van der Waals surface area contributed by atoms with E-state index in [-0.39, 0.29) is 12.6 Å². The smallest absolute Gasteiger partial charge is 0.276 e. The summed E-state index contributed by atoms with van der Waals surface area (Å²) in [6.45, 7) is 5.71. The molecule has 2 amide bonds. The molecule has 0 saturated heterocycles. The number of carbonyl (C=O) groups excluding carboxylic acids is 2. The molecule has 2 aromatic heterocycles. The number of rotatable bonds is 6. The Balaban J connectivity index is 1.54. The fourth-order valence-electron chi connectivity index (χ4n) is 3.42. The zero-order valence-corrected chi connectivity index (χ0v) is 18.7. The van der Waals surface area contributed by atoms with Crippen LogP contribution in [0.4, 0.5) is 0 Å². The van der Waals surface area contributed by atoms with Crippen molar-refractivity contribution in [3.8, 4) is 17.0 Å². The maximum atomic E-state index is 13.0. The summed E-state index contributed by atoms with van der Waals surface area (Å²) in [5.74, 6) is -0.357. The third kappa shape index (κ3) is 5.01. The molecule has 2 heterocycles. The lowest BCUT2D eigenvalue weighted by molar-refractivity contribution is -0.123. The number of aryl methyl sites for hydroxylation is 1. The highest BCUT2D eigenvalue weighted by Crippen LogP contribution is 2.26. The van der Waals surface area contributed by atoms with Gasteiger partial charge in [0.05, 0.1) is 22.8 Å². The highest BCUT2D eigenvalue weighted by molar-refractivity contribution is 6.06. The van der Waals surface area contributed by atoms with E-state index in [1.807, 2.05) is 69.3 Å². The number of nitrogens with one attached hydrogen (secondary N) is 2. The molecule has 0 fully saturated rings. The Morgan fingerprint density at radius 1 is 1.03 bits per heavy atom. The second-order valence-electron chi connectivity index (χ2n) is 7.95. The van der Waals surface area contributed by atoms with Gasteiger partial charge >= 0.3 is 0 Å². The molecule has 0 aliphatic carbocycles. The van der Waals surface area contributed by atoms with Gasteiger partial charge in [0, 0.05) is 11.6 Å². The molecule has 0 atom stereocenters. The van der Waals surface area contributed by atoms with Crippen molar-refractivity contribution in [1.29, 1.82) is 0 Å². The summed E-state index contributed by atoms with van der Waals surface area (Å²) in [5, 5.41) is 5.01. The van der Waals surface area contributed by atoms with E-state index in [2.05, 4.69) is 16.0 Å². The molecule has 2 N–H and O–H groups in total. The molecule has 0 aliphatic heterocycles. The van der Waals surface area contributed by atoms with Crippen LogP contribution in [0.5, 0.6) is 5.75 Å². The van der Waals surface area contributed by atoms with Crippen molar-refractivity contribution in [2.24, 2.45) is 0 Å². The van der Waals surface area contributed by atoms with Gasteiger partial charge < -0.3 is 4.74 Å². The quantitative estimate of drug-likeness (QED) is 0.442. The summed E-state index contributed by atoms with van der Waals surface area (Å²) < 4.78 is 7.25. The highest BCUT2D eigenvalue weighted by Gasteiger charge is 2.19. The molecule has 33 heavy (non-hydrogen) atoms. The second-order valence-corrected chi connectivity index (χ2v) is 7.95. The molecule has 0 bridgehead atoms. The monoisotopic (exact) mass is 443 g/mol. The minimum absolute atomic E-state index is 0.0652. The average Bonchev–Trinajstić information content (AvgIpc) is 3.25. The van der Waals surface area contributed by atoms with Gasteiger partial charge in [-0.25, -0.2) is 9.67 Å². The van der Waals surface area contributed by atoms with E-state index >= 15 is 0 Å². The number of fused-ring (bicyclic) bond motifs is 1. The number of nitrogens with zero attached hydrogens (tertiary/aromatic N) is 3. The predicted molar refractivity (Wildman–Crippen MR) is 126 cm³/mol. The molecule has 8 nitrogen and oxygen atoms in total. The third-order valence-corrected chi connectivity index (χ3v) is 5.04. The van der Waals surface area contributed by atoms with Gasteiger partial charge in [-0.3, -0.25) is 20.4 Å². The van der Waals surface area contributed by atoms with Crippen LogP contribution in [-0.2, 0) is 4.79 Å². The zero-order chi connectivity index (χ0) is 23.4. The van der Waals surface area contributed by atoms with Crippen LogP contribution in [0.15, 0.2) is 66.9 Å². The van der Waals surface area contributed by atoms with E-state index < -0.39 is 11.8 Å². The van der Waals surface area contributed by atoms with Crippen LogP contribution in [0.3, 0.4) is 0 Å². The summed E-state index contributed by atoms with van der Waals surface area (Å²) in [4.78, 5) is 30.0. The molecule has 0 saturated carbocycles. The van der Waals surface area contributed by atoms with Crippen molar-refractivity contribution >= 4 is 22.8 Å². The Bertz CT molecular complexity index is 1300. The number of hydrogen-bond acceptors (Lipinski definition) is 5. The molecule has 0 unspecified atom stereocenters. The molecule has 0 aliphatic rings. The third-order valence-electron chi connectivity index (χ3n) is 5.04. The first-order valence-electron chi connectivity index (χ1n) is 10.6. The Hall–Kier alpha value is -4.20. The first-order chi connectivity index (χ1) is 15.9. The molecule has 4 rings (SSSR count). The van der Waals surface area contributed by atoms with Gasteiger partial charge in [-0.15, -0.1) is 0 Å². The molecular weight excluding hydrogens is 418 g/mol. The van der Waals surface area contributed by atoms with Gasteiger partial charge in [-0.1, -0.05) is 42.5 Å². The van der Waals surface area contributed by atoms with E-state index in [0.717, 1.165) is 11.1 Å². The lowest BCUT2D eigenvalue weighted by Gasteiger charge is -2.12. The molecular formula is C25H25N5O3. The fraction of sp³-hybridized carbons (Fsp3) is 0.200. The Morgan fingerprint density at radius 3 is 2.55 bits per heavy atom.